The predicted octanol–water partition coefficient (Wildman–Crippen LogP) is 4.91. The van der Waals surface area contributed by atoms with Gasteiger partial charge in [0, 0.05) is 31.3 Å². The molecule has 0 saturated carbocycles. The summed E-state index contributed by atoms with van der Waals surface area (Å²) >= 11 is 0. The first-order valence-electron chi connectivity index (χ1n) is 11.9. The molecule has 2 aliphatic rings. The van der Waals surface area contributed by atoms with Crippen LogP contribution in [0.2, 0.25) is 0 Å². The number of benzene rings is 1. The molecule has 30 heavy (non-hydrogen) atoms. The van der Waals surface area contributed by atoms with Crippen LogP contribution in [0.5, 0.6) is 11.5 Å². The molecule has 0 amide bonds. The van der Waals surface area contributed by atoms with E-state index in [0.717, 1.165) is 37.2 Å². The number of fused-ring (bicyclic) bond motifs is 1. The molecule has 1 aromatic rings. The van der Waals surface area contributed by atoms with Crippen molar-refractivity contribution in [3.05, 3.63) is 23.8 Å². The second-order valence-electron chi connectivity index (χ2n) is 9.00. The molecule has 1 aromatic carbocycles. The predicted molar refractivity (Wildman–Crippen MR) is 119 cm³/mol. The number of nitrogens with zero attached hydrogens (tertiary/aromatic N) is 1. The zero-order valence-electron chi connectivity index (χ0n) is 18.8. The average molecular weight is 418 g/mol. The second-order valence-corrected chi connectivity index (χ2v) is 9.00. The number of ketones is 1. The third kappa shape index (κ3) is 6.45. The van der Waals surface area contributed by atoms with Gasteiger partial charge in [0.1, 0.15) is 19.0 Å². The van der Waals surface area contributed by atoms with Gasteiger partial charge < -0.3 is 19.5 Å². The Hall–Kier alpha value is -1.59. The van der Waals surface area contributed by atoms with Crippen LogP contribution >= 0.6 is 0 Å². The Kier molecular flexibility index (Phi) is 9.01. The van der Waals surface area contributed by atoms with E-state index in [4.69, 9.17) is 9.47 Å². The maximum Gasteiger partial charge on any atom is 0.161 e. The quantitative estimate of drug-likeness (QED) is 0.490. The number of aliphatic hydroxyl groups is 1. The van der Waals surface area contributed by atoms with Gasteiger partial charge in [-0.1, -0.05) is 38.7 Å². The minimum atomic E-state index is -0.683. The van der Waals surface area contributed by atoms with Gasteiger partial charge in [-0.3, -0.25) is 4.79 Å². The van der Waals surface area contributed by atoms with E-state index in [2.05, 4.69) is 18.7 Å². The first-order chi connectivity index (χ1) is 14.6. The van der Waals surface area contributed by atoms with Crippen molar-refractivity contribution in [3.8, 4) is 11.5 Å². The molecule has 0 aliphatic carbocycles. The summed E-state index contributed by atoms with van der Waals surface area (Å²) in [5.74, 6) is 1.59. The van der Waals surface area contributed by atoms with Gasteiger partial charge in [0.05, 0.1) is 6.10 Å². The summed E-state index contributed by atoms with van der Waals surface area (Å²) in [7, 11) is 0. The first-order valence-corrected chi connectivity index (χ1v) is 11.9. The summed E-state index contributed by atoms with van der Waals surface area (Å²) in [6.07, 6.45) is 8.52. The number of Topliss-reactive ketones (excluding diaryl/α,β-unsaturated/α-hetero) is 1. The van der Waals surface area contributed by atoms with Crippen molar-refractivity contribution in [1.29, 1.82) is 0 Å². The molecule has 5 heteroatoms. The lowest BCUT2D eigenvalue weighted by molar-refractivity contribution is -0.121. The number of ether oxygens (including phenoxy) is 2. The van der Waals surface area contributed by atoms with Crippen LogP contribution in [0.3, 0.4) is 0 Å². The monoisotopic (exact) mass is 417 g/mol. The van der Waals surface area contributed by atoms with Gasteiger partial charge in [-0.25, -0.2) is 0 Å². The van der Waals surface area contributed by atoms with Crippen molar-refractivity contribution < 1.29 is 19.4 Å². The molecular weight excluding hydrogens is 378 g/mol. The number of aliphatic hydroxyl groups excluding tert-OH is 1. The standard InChI is InChI=1S/C25H39NO4/c1-3-4-5-6-7-10-22(27)16-21(18-26-13-8-9-19(26)2)25(28)20-11-12-23-24(17-20)30-15-14-29-23/h11-12,17,19,21,25,28H,3-10,13-16,18H2,1-2H3/t19?,21-,25?/m1/s1. The van der Waals surface area contributed by atoms with Crippen LogP contribution in [0.25, 0.3) is 0 Å². The second kappa shape index (κ2) is 11.7. The summed E-state index contributed by atoms with van der Waals surface area (Å²) in [6.45, 7) is 7.34. The van der Waals surface area contributed by atoms with Gasteiger partial charge in [0.15, 0.2) is 11.5 Å². The third-order valence-electron chi connectivity index (χ3n) is 6.56. The number of hydrogen-bond acceptors (Lipinski definition) is 5. The van der Waals surface area contributed by atoms with E-state index in [0.29, 0.717) is 37.8 Å². The molecule has 2 heterocycles. The molecule has 3 rings (SSSR count). The SMILES string of the molecule is CCCCCCCC(=O)C[C@H](CN1CCCC1C)C(O)c1ccc2c(c1)OCCO2. The van der Waals surface area contributed by atoms with E-state index in [1.165, 1.54) is 32.1 Å². The fourth-order valence-corrected chi connectivity index (χ4v) is 4.68. The van der Waals surface area contributed by atoms with Crippen molar-refractivity contribution in [2.75, 3.05) is 26.3 Å². The fourth-order valence-electron chi connectivity index (χ4n) is 4.68. The van der Waals surface area contributed by atoms with E-state index in [1.54, 1.807) is 0 Å². The Morgan fingerprint density at radius 1 is 1.17 bits per heavy atom. The summed E-state index contributed by atoms with van der Waals surface area (Å²) in [5, 5.41) is 11.2. The average Bonchev–Trinajstić information content (AvgIpc) is 3.16. The molecule has 0 radical (unpaired) electrons. The summed E-state index contributed by atoms with van der Waals surface area (Å²) in [4.78, 5) is 15.2. The van der Waals surface area contributed by atoms with Gasteiger partial charge in [-0.15, -0.1) is 0 Å². The van der Waals surface area contributed by atoms with Crippen LogP contribution in [-0.2, 0) is 4.79 Å². The van der Waals surface area contributed by atoms with Crippen LogP contribution in [-0.4, -0.2) is 48.1 Å². The number of rotatable bonds is 12. The number of carbonyl (C=O) groups is 1. The molecule has 0 bridgehead atoms. The lowest BCUT2D eigenvalue weighted by Crippen LogP contribution is -2.35. The summed E-state index contributed by atoms with van der Waals surface area (Å²) < 4.78 is 11.3. The Balaban J connectivity index is 1.64. The molecule has 1 saturated heterocycles. The largest absolute Gasteiger partial charge is 0.486 e. The van der Waals surface area contributed by atoms with Gasteiger partial charge in [-0.05, 0) is 50.4 Å². The van der Waals surface area contributed by atoms with Gasteiger partial charge in [0.25, 0.3) is 0 Å². The molecule has 3 atom stereocenters. The maximum atomic E-state index is 12.7. The minimum Gasteiger partial charge on any atom is -0.486 e. The zero-order chi connectivity index (χ0) is 21.3. The molecule has 1 fully saturated rings. The lowest BCUT2D eigenvalue weighted by atomic mass is 9.89. The van der Waals surface area contributed by atoms with E-state index in [-0.39, 0.29) is 11.7 Å². The van der Waals surface area contributed by atoms with Crippen molar-refractivity contribution >= 4 is 5.78 Å². The topological polar surface area (TPSA) is 59.0 Å². The number of hydrogen-bond donors (Lipinski definition) is 1. The van der Waals surface area contributed by atoms with Crippen molar-refractivity contribution in [3.63, 3.8) is 0 Å². The third-order valence-corrected chi connectivity index (χ3v) is 6.56. The van der Waals surface area contributed by atoms with Crippen LogP contribution in [0.1, 0.15) is 83.3 Å². The Bertz CT molecular complexity index is 677. The highest BCUT2D eigenvalue weighted by Crippen LogP contribution is 2.36. The minimum absolute atomic E-state index is 0.101. The van der Waals surface area contributed by atoms with Gasteiger partial charge >= 0.3 is 0 Å². The smallest absolute Gasteiger partial charge is 0.161 e. The molecule has 2 unspecified atom stereocenters. The molecular formula is C25H39NO4. The Morgan fingerprint density at radius 3 is 2.67 bits per heavy atom. The number of carbonyl (C=O) groups excluding carboxylic acids is 1. The number of unbranched alkanes of at least 4 members (excludes halogenated alkanes) is 4. The van der Waals surface area contributed by atoms with Crippen LogP contribution in [0.15, 0.2) is 18.2 Å². The normalized spacial score (nSPS) is 20.8. The highest BCUT2D eigenvalue weighted by molar-refractivity contribution is 5.78. The lowest BCUT2D eigenvalue weighted by Gasteiger charge is -2.30. The fraction of sp³-hybridized carbons (Fsp3) is 0.720. The summed E-state index contributed by atoms with van der Waals surface area (Å²) in [6, 6.07) is 6.19. The first kappa shape index (κ1) is 23.1. The van der Waals surface area contributed by atoms with E-state index in [9.17, 15) is 9.90 Å². The maximum absolute atomic E-state index is 12.7. The Labute approximate surface area is 181 Å². The van der Waals surface area contributed by atoms with Gasteiger partial charge in [0.2, 0.25) is 0 Å². The van der Waals surface area contributed by atoms with Crippen LogP contribution in [0.4, 0.5) is 0 Å². The summed E-state index contributed by atoms with van der Waals surface area (Å²) in [5.41, 5.74) is 0.812. The molecule has 0 aromatic heterocycles. The number of likely N-dealkylation sites (tertiary alicyclic amines) is 1. The van der Waals surface area contributed by atoms with Crippen molar-refractivity contribution in [2.45, 2.75) is 83.8 Å². The molecule has 2 aliphatic heterocycles. The molecule has 5 nitrogen and oxygen atoms in total. The van der Waals surface area contributed by atoms with E-state index in [1.807, 2.05) is 18.2 Å². The molecule has 168 valence electrons. The molecule has 1 N–H and O–H groups in total. The highest BCUT2D eigenvalue weighted by atomic mass is 16.6. The van der Waals surface area contributed by atoms with Crippen LogP contribution in [0, 0.1) is 5.92 Å². The van der Waals surface area contributed by atoms with Gasteiger partial charge in [-0.2, -0.15) is 0 Å². The highest BCUT2D eigenvalue weighted by Gasteiger charge is 2.30. The van der Waals surface area contributed by atoms with Crippen LogP contribution < -0.4 is 9.47 Å². The zero-order valence-corrected chi connectivity index (χ0v) is 18.8. The van der Waals surface area contributed by atoms with E-state index >= 15 is 0 Å². The van der Waals surface area contributed by atoms with Crippen molar-refractivity contribution in [2.24, 2.45) is 5.92 Å². The van der Waals surface area contributed by atoms with E-state index < -0.39 is 6.10 Å². The molecule has 0 spiro atoms. The van der Waals surface area contributed by atoms with Crippen molar-refractivity contribution in [1.82, 2.24) is 4.90 Å². The Morgan fingerprint density at radius 2 is 1.93 bits per heavy atom.